The highest BCUT2D eigenvalue weighted by molar-refractivity contribution is 6.35. The number of benzene rings is 2. The van der Waals surface area contributed by atoms with Gasteiger partial charge in [-0.15, -0.1) is 0 Å². The van der Waals surface area contributed by atoms with Crippen LogP contribution in [0.3, 0.4) is 0 Å². The molecule has 7 nitrogen and oxygen atoms in total. The molecule has 1 atom stereocenters. The topological polar surface area (TPSA) is 77.2 Å². The molecule has 0 radical (unpaired) electrons. The van der Waals surface area contributed by atoms with Crippen molar-refractivity contribution in [3.05, 3.63) is 63.6 Å². The van der Waals surface area contributed by atoms with Gasteiger partial charge >= 0.3 is 0 Å². The van der Waals surface area contributed by atoms with Gasteiger partial charge in [0.15, 0.2) is 0 Å². The first-order valence-corrected chi connectivity index (χ1v) is 12.0. The summed E-state index contributed by atoms with van der Waals surface area (Å²) in [4.78, 5) is 20.8. The monoisotopic (exact) mass is 488 g/mol. The molecule has 3 N–H and O–H groups in total. The molecule has 0 bridgehead atoms. The van der Waals surface area contributed by atoms with Crippen LogP contribution in [0.5, 0.6) is 0 Å². The van der Waals surface area contributed by atoms with Crippen LogP contribution < -0.4 is 11.1 Å². The fourth-order valence-electron chi connectivity index (χ4n) is 4.21. The SMILES string of the molecule is CC(C)C1NC(c2ccccc2N)=NCCN2CCN(Cc3ccc(Cl)cc3Cl)CN2C1=O. The minimum atomic E-state index is -0.428. The number of fused-ring (bicyclic) bond motifs is 1. The van der Waals surface area contributed by atoms with E-state index in [9.17, 15) is 4.79 Å². The molecule has 2 aromatic rings. The molecule has 0 saturated carbocycles. The van der Waals surface area contributed by atoms with Gasteiger partial charge in [0, 0.05) is 47.5 Å². The molecule has 9 heteroatoms. The third-order valence-corrected chi connectivity index (χ3v) is 6.67. The lowest BCUT2D eigenvalue weighted by Crippen LogP contribution is -2.63. The zero-order valence-electron chi connectivity index (χ0n) is 19.0. The van der Waals surface area contributed by atoms with Gasteiger partial charge in [0.1, 0.15) is 11.9 Å². The van der Waals surface area contributed by atoms with Crippen molar-refractivity contribution < 1.29 is 4.79 Å². The first-order valence-electron chi connectivity index (χ1n) is 11.2. The Morgan fingerprint density at radius 2 is 1.94 bits per heavy atom. The summed E-state index contributed by atoms with van der Waals surface area (Å²) in [5.41, 5.74) is 8.67. The van der Waals surface area contributed by atoms with Crippen LogP contribution in [-0.2, 0) is 11.3 Å². The molecule has 0 aliphatic carbocycles. The van der Waals surface area contributed by atoms with Crippen LogP contribution in [0.2, 0.25) is 10.0 Å². The summed E-state index contributed by atoms with van der Waals surface area (Å²) in [5.74, 6) is 0.765. The van der Waals surface area contributed by atoms with E-state index in [1.165, 1.54) is 0 Å². The molecular formula is C24H30Cl2N6O. The maximum absolute atomic E-state index is 13.8. The first kappa shape index (κ1) is 23.8. The van der Waals surface area contributed by atoms with Crippen molar-refractivity contribution in [2.24, 2.45) is 10.9 Å². The summed E-state index contributed by atoms with van der Waals surface area (Å²) in [6, 6.07) is 12.7. The normalized spacial score (nSPS) is 20.5. The summed E-state index contributed by atoms with van der Waals surface area (Å²) >= 11 is 12.4. The van der Waals surface area contributed by atoms with Crippen LogP contribution in [0.15, 0.2) is 47.5 Å². The van der Waals surface area contributed by atoms with Gasteiger partial charge in [0.2, 0.25) is 0 Å². The molecule has 2 aliphatic heterocycles. The van der Waals surface area contributed by atoms with Crippen LogP contribution in [0, 0.1) is 5.92 Å². The first-order chi connectivity index (χ1) is 15.8. The number of halogens is 2. The van der Waals surface area contributed by atoms with Crippen molar-refractivity contribution in [2.45, 2.75) is 26.4 Å². The average molecular weight is 489 g/mol. The lowest BCUT2D eigenvalue weighted by molar-refractivity contribution is -0.167. The van der Waals surface area contributed by atoms with Crippen LogP contribution >= 0.6 is 23.2 Å². The standard InChI is InChI=1S/C24H30Cl2N6O/c1-16(2)22-24(33)32-15-30(14-17-7-8-18(25)13-20(17)26)11-12-31(32)10-9-28-23(29-22)19-5-3-4-6-21(19)27/h3-8,13,16,22H,9-12,14-15,27H2,1-2H3,(H,28,29). The predicted molar refractivity (Wildman–Crippen MR) is 134 cm³/mol. The summed E-state index contributed by atoms with van der Waals surface area (Å²) in [6.45, 7) is 8.00. The van der Waals surface area contributed by atoms with Gasteiger partial charge in [0.05, 0.1) is 13.2 Å². The van der Waals surface area contributed by atoms with Gasteiger partial charge in [-0.25, -0.2) is 5.01 Å². The van der Waals surface area contributed by atoms with Crippen LogP contribution in [0.25, 0.3) is 0 Å². The largest absolute Gasteiger partial charge is 0.398 e. The Hall–Kier alpha value is -2.32. The van der Waals surface area contributed by atoms with E-state index in [-0.39, 0.29) is 11.8 Å². The maximum Gasteiger partial charge on any atom is 0.260 e. The van der Waals surface area contributed by atoms with E-state index in [1.807, 2.05) is 55.3 Å². The number of amides is 1. The van der Waals surface area contributed by atoms with Crippen molar-refractivity contribution in [3.8, 4) is 0 Å². The second-order valence-corrected chi connectivity index (χ2v) is 9.65. The number of rotatable bonds is 4. The number of hydrogen-bond donors (Lipinski definition) is 2. The summed E-state index contributed by atoms with van der Waals surface area (Å²) < 4.78 is 0. The Balaban J connectivity index is 1.56. The lowest BCUT2D eigenvalue weighted by atomic mass is 10.0. The summed E-state index contributed by atoms with van der Waals surface area (Å²) in [7, 11) is 0. The van der Waals surface area contributed by atoms with Crippen molar-refractivity contribution in [1.29, 1.82) is 0 Å². The highest BCUT2D eigenvalue weighted by Crippen LogP contribution is 2.24. The molecule has 1 unspecified atom stereocenters. The molecule has 1 saturated heterocycles. The molecule has 0 spiro atoms. The fraction of sp³-hybridized carbons (Fsp3) is 0.417. The number of aliphatic imine (C=N–C) groups is 1. The molecular weight excluding hydrogens is 459 g/mol. The molecule has 2 heterocycles. The number of amidine groups is 1. The van der Waals surface area contributed by atoms with Crippen molar-refractivity contribution in [3.63, 3.8) is 0 Å². The quantitative estimate of drug-likeness (QED) is 0.644. The second kappa shape index (κ2) is 10.3. The number of hydrogen-bond acceptors (Lipinski definition) is 6. The van der Waals surface area contributed by atoms with E-state index < -0.39 is 6.04 Å². The lowest BCUT2D eigenvalue weighted by Gasteiger charge is -2.44. The minimum Gasteiger partial charge on any atom is -0.398 e. The minimum absolute atomic E-state index is 0.0287. The van der Waals surface area contributed by atoms with E-state index in [0.717, 1.165) is 24.2 Å². The van der Waals surface area contributed by atoms with Crippen LogP contribution in [0.1, 0.15) is 25.0 Å². The number of hydrazine groups is 1. The highest BCUT2D eigenvalue weighted by atomic mass is 35.5. The maximum atomic E-state index is 13.8. The number of nitrogens with two attached hydrogens (primary N) is 1. The van der Waals surface area contributed by atoms with Gasteiger partial charge in [-0.3, -0.25) is 19.7 Å². The Morgan fingerprint density at radius 3 is 2.67 bits per heavy atom. The number of carbonyl (C=O) groups is 1. The highest BCUT2D eigenvalue weighted by Gasteiger charge is 2.36. The van der Waals surface area contributed by atoms with Crippen LogP contribution in [-0.4, -0.2) is 65.6 Å². The number of nitrogen functional groups attached to an aromatic ring is 1. The Kier molecular flexibility index (Phi) is 7.44. The number of nitrogens with one attached hydrogen (secondary N) is 1. The fourth-order valence-corrected chi connectivity index (χ4v) is 4.68. The van der Waals surface area contributed by atoms with Gasteiger partial charge in [0.25, 0.3) is 5.91 Å². The Bertz CT molecular complexity index is 1040. The number of anilines is 1. The summed E-state index contributed by atoms with van der Waals surface area (Å²) in [5, 5.41) is 8.64. The molecule has 4 rings (SSSR count). The van der Waals surface area contributed by atoms with Crippen molar-refractivity contribution >= 4 is 40.6 Å². The predicted octanol–water partition coefficient (Wildman–Crippen LogP) is 3.47. The average Bonchev–Trinajstić information content (AvgIpc) is 2.84. The molecule has 176 valence electrons. The third-order valence-electron chi connectivity index (χ3n) is 6.08. The van der Waals surface area contributed by atoms with E-state index in [1.54, 1.807) is 6.07 Å². The van der Waals surface area contributed by atoms with Crippen molar-refractivity contribution in [1.82, 2.24) is 20.2 Å². The zero-order valence-corrected chi connectivity index (χ0v) is 20.5. The second-order valence-electron chi connectivity index (χ2n) is 8.80. The zero-order chi connectivity index (χ0) is 23.5. The van der Waals surface area contributed by atoms with E-state index in [0.29, 0.717) is 47.9 Å². The van der Waals surface area contributed by atoms with E-state index in [2.05, 4.69) is 15.2 Å². The smallest absolute Gasteiger partial charge is 0.260 e. The molecule has 1 fully saturated rings. The number of carbonyl (C=O) groups excluding carboxylic acids is 1. The van der Waals surface area contributed by atoms with Gasteiger partial charge < -0.3 is 11.1 Å². The Morgan fingerprint density at radius 1 is 1.15 bits per heavy atom. The number of nitrogens with zero attached hydrogens (tertiary/aromatic N) is 4. The van der Waals surface area contributed by atoms with E-state index in [4.69, 9.17) is 33.9 Å². The molecule has 33 heavy (non-hydrogen) atoms. The third kappa shape index (κ3) is 5.44. The summed E-state index contributed by atoms with van der Waals surface area (Å²) in [6.07, 6.45) is 0. The Labute approximate surface area is 205 Å². The van der Waals surface area contributed by atoms with E-state index >= 15 is 0 Å². The van der Waals surface area contributed by atoms with Gasteiger partial charge in [-0.1, -0.05) is 55.2 Å². The molecule has 1 amide bonds. The van der Waals surface area contributed by atoms with Gasteiger partial charge in [-0.2, -0.15) is 0 Å². The number of para-hydroxylation sites is 1. The molecule has 0 aromatic heterocycles. The molecule has 2 aromatic carbocycles. The van der Waals surface area contributed by atoms with Crippen molar-refractivity contribution in [2.75, 3.05) is 38.6 Å². The molecule has 2 aliphatic rings. The van der Waals surface area contributed by atoms with Gasteiger partial charge in [-0.05, 0) is 35.7 Å². The van der Waals surface area contributed by atoms with Crippen LogP contribution in [0.4, 0.5) is 5.69 Å².